The zero-order chi connectivity index (χ0) is 26.0. The topological polar surface area (TPSA) is 195 Å². The summed E-state index contributed by atoms with van der Waals surface area (Å²) in [5.74, 6) is -3.57. The molecule has 1 fully saturated rings. The molecule has 1 aromatic rings. The summed E-state index contributed by atoms with van der Waals surface area (Å²) in [6, 6.07) is -1.18. The summed E-state index contributed by atoms with van der Waals surface area (Å²) in [6.07, 6.45) is -4.89. The van der Waals surface area contributed by atoms with E-state index >= 15 is 0 Å². The van der Waals surface area contributed by atoms with Crippen LogP contribution in [-0.4, -0.2) is 76.9 Å². The Hall–Kier alpha value is -4.01. The van der Waals surface area contributed by atoms with E-state index in [9.17, 15) is 28.8 Å². The van der Waals surface area contributed by atoms with Crippen LogP contribution in [0.1, 0.15) is 34.6 Å². The molecule has 0 radical (unpaired) electrons. The molecule has 3 N–H and O–H groups in total. The molecule has 190 valence electrons. The van der Waals surface area contributed by atoms with Gasteiger partial charge in [0.1, 0.15) is 18.8 Å². The molecule has 0 aromatic carbocycles. The highest BCUT2D eigenvalue weighted by Crippen LogP contribution is 2.38. The minimum atomic E-state index is -1.32. The average Bonchev–Trinajstić information content (AvgIpc) is 2.71. The zero-order valence-corrected chi connectivity index (χ0v) is 19.6. The number of ether oxygens (including phenoxy) is 4. The van der Waals surface area contributed by atoms with Crippen LogP contribution in [0.2, 0.25) is 0 Å². The molecular formula is C20H25N5O10. The molecule has 0 spiro atoms. The standard InChI is InChI=1S/C20H25N5O10/c1-7(26)21-20-23-17-14(18(31)24-20)25(8(2)27)13-16(34-11(5)30)15(33-10(4)29)12(6-32-9(3)28)35-19(13)22-17/h12-13,15-16,19H,6H2,1-5H3,(H3,21,22,23,24,26,31)/t12-,13+,15-,16+,19-/m0/s1. The number of amides is 2. The lowest BCUT2D eigenvalue weighted by Crippen LogP contribution is -2.70. The first-order valence-corrected chi connectivity index (χ1v) is 10.5. The smallest absolute Gasteiger partial charge is 0.303 e. The summed E-state index contributed by atoms with van der Waals surface area (Å²) < 4.78 is 21.8. The number of carbonyl (C=O) groups is 5. The highest BCUT2D eigenvalue weighted by atomic mass is 16.6. The summed E-state index contributed by atoms with van der Waals surface area (Å²) in [4.78, 5) is 79.9. The number of carbonyl (C=O) groups excluding carboxylic acids is 5. The Morgan fingerprint density at radius 2 is 1.63 bits per heavy atom. The van der Waals surface area contributed by atoms with Crippen LogP contribution in [-0.2, 0) is 42.9 Å². The van der Waals surface area contributed by atoms with Crippen LogP contribution >= 0.6 is 0 Å². The van der Waals surface area contributed by atoms with Crippen LogP contribution in [0.3, 0.4) is 0 Å². The Morgan fingerprint density at radius 1 is 1.00 bits per heavy atom. The number of rotatable bonds is 5. The highest BCUT2D eigenvalue weighted by Gasteiger charge is 2.56. The summed E-state index contributed by atoms with van der Waals surface area (Å²) >= 11 is 0. The van der Waals surface area contributed by atoms with Crippen LogP contribution in [0.4, 0.5) is 17.5 Å². The van der Waals surface area contributed by atoms with Crippen molar-refractivity contribution in [2.24, 2.45) is 0 Å². The minimum Gasteiger partial charge on any atom is -0.463 e. The van der Waals surface area contributed by atoms with Crippen LogP contribution in [0.25, 0.3) is 0 Å². The monoisotopic (exact) mass is 495 g/mol. The maximum atomic E-state index is 12.9. The lowest BCUT2D eigenvalue weighted by atomic mass is 9.92. The molecule has 3 rings (SSSR count). The van der Waals surface area contributed by atoms with E-state index in [0.29, 0.717) is 0 Å². The van der Waals surface area contributed by atoms with Crippen molar-refractivity contribution in [2.75, 3.05) is 22.1 Å². The normalized spacial score (nSPS) is 24.7. The Kier molecular flexibility index (Phi) is 7.38. The molecule has 0 bridgehead atoms. The second-order valence-electron chi connectivity index (χ2n) is 7.86. The number of hydrogen-bond acceptors (Lipinski definition) is 12. The number of esters is 3. The molecule has 0 aliphatic carbocycles. The molecule has 2 aliphatic rings. The molecule has 2 amide bonds. The lowest BCUT2D eigenvalue weighted by molar-refractivity contribution is -0.217. The fraction of sp³-hybridized carbons (Fsp3) is 0.550. The molecule has 15 heteroatoms. The van der Waals surface area contributed by atoms with E-state index in [0.717, 1.165) is 18.7 Å². The van der Waals surface area contributed by atoms with E-state index in [4.69, 9.17) is 18.9 Å². The van der Waals surface area contributed by atoms with Crippen LogP contribution in [0.5, 0.6) is 0 Å². The van der Waals surface area contributed by atoms with Gasteiger partial charge in [0.15, 0.2) is 29.9 Å². The van der Waals surface area contributed by atoms with Gasteiger partial charge in [-0.2, -0.15) is 4.98 Å². The van der Waals surface area contributed by atoms with Gasteiger partial charge in [-0.3, -0.25) is 44.0 Å². The van der Waals surface area contributed by atoms with Gasteiger partial charge < -0.3 is 24.3 Å². The fourth-order valence-electron chi connectivity index (χ4n) is 3.99. The SMILES string of the molecule is CC(=O)Nc1nc2c(c(=O)[nH]1)N(C(C)=O)[C@@H]1[C@@H](OC(C)=O)[C@@H](OC(C)=O)[C@H](COC(C)=O)O[C@@H]1N2. The number of H-pyrrole nitrogens is 1. The summed E-state index contributed by atoms with van der Waals surface area (Å²) in [6.45, 7) is 5.42. The minimum absolute atomic E-state index is 0.104. The number of aromatic nitrogens is 2. The van der Waals surface area contributed by atoms with Crippen LogP contribution in [0.15, 0.2) is 4.79 Å². The first-order valence-electron chi connectivity index (χ1n) is 10.5. The molecule has 35 heavy (non-hydrogen) atoms. The second-order valence-corrected chi connectivity index (χ2v) is 7.86. The molecule has 1 aromatic heterocycles. The molecule has 2 aliphatic heterocycles. The number of fused-ring (bicyclic) bond motifs is 2. The Labute approximate surface area is 198 Å². The predicted molar refractivity (Wildman–Crippen MR) is 116 cm³/mol. The van der Waals surface area contributed by atoms with E-state index in [1.807, 2.05) is 0 Å². The van der Waals surface area contributed by atoms with E-state index < -0.39 is 65.9 Å². The van der Waals surface area contributed by atoms with Crippen molar-refractivity contribution in [3.63, 3.8) is 0 Å². The number of anilines is 3. The third-order valence-electron chi connectivity index (χ3n) is 5.06. The van der Waals surface area contributed by atoms with Crippen LogP contribution < -0.4 is 21.1 Å². The van der Waals surface area contributed by atoms with Gasteiger partial charge in [-0.1, -0.05) is 0 Å². The quantitative estimate of drug-likeness (QED) is 0.334. The zero-order valence-electron chi connectivity index (χ0n) is 19.6. The van der Waals surface area contributed by atoms with E-state index in [-0.39, 0.29) is 24.1 Å². The molecule has 5 atom stereocenters. The third-order valence-corrected chi connectivity index (χ3v) is 5.06. The summed E-state index contributed by atoms with van der Waals surface area (Å²) in [5.41, 5.74) is -1.01. The third kappa shape index (κ3) is 5.56. The van der Waals surface area contributed by atoms with E-state index in [1.165, 1.54) is 20.8 Å². The van der Waals surface area contributed by atoms with Gasteiger partial charge in [0, 0.05) is 34.6 Å². The summed E-state index contributed by atoms with van der Waals surface area (Å²) in [5, 5.41) is 5.20. The van der Waals surface area contributed by atoms with Crippen molar-refractivity contribution in [1.29, 1.82) is 0 Å². The van der Waals surface area contributed by atoms with Crippen LogP contribution in [0, 0.1) is 0 Å². The van der Waals surface area contributed by atoms with Gasteiger partial charge in [-0.05, 0) is 0 Å². The number of hydrogen-bond donors (Lipinski definition) is 3. The van der Waals surface area contributed by atoms with Crippen molar-refractivity contribution in [3.8, 4) is 0 Å². The fourth-order valence-corrected chi connectivity index (χ4v) is 3.99. The predicted octanol–water partition coefficient (Wildman–Crippen LogP) is -0.973. The second kappa shape index (κ2) is 10.1. The summed E-state index contributed by atoms with van der Waals surface area (Å²) in [7, 11) is 0. The van der Waals surface area contributed by atoms with Gasteiger partial charge >= 0.3 is 17.9 Å². The maximum Gasteiger partial charge on any atom is 0.303 e. The van der Waals surface area contributed by atoms with Crippen molar-refractivity contribution in [3.05, 3.63) is 10.4 Å². The highest BCUT2D eigenvalue weighted by molar-refractivity contribution is 5.97. The first-order chi connectivity index (χ1) is 16.4. The van der Waals surface area contributed by atoms with E-state index in [1.54, 1.807) is 0 Å². The van der Waals surface area contributed by atoms with Crippen molar-refractivity contribution < 1.29 is 42.9 Å². The molecule has 1 saturated heterocycles. The molecule has 0 saturated carbocycles. The molecular weight excluding hydrogens is 470 g/mol. The van der Waals surface area contributed by atoms with Crippen molar-refractivity contribution in [1.82, 2.24) is 9.97 Å². The molecule has 15 nitrogen and oxygen atoms in total. The largest absolute Gasteiger partial charge is 0.463 e. The van der Waals surface area contributed by atoms with Gasteiger partial charge in [0.05, 0.1) is 0 Å². The Bertz CT molecular complexity index is 1120. The average molecular weight is 495 g/mol. The maximum absolute atomic E-state index is 12.9. The van der Waals surface area contributed by atoms with Gasteiger partial charge in [-0.25, -0.2) is 0 Å². The van der Waals surface area contributed by atoms with Crippen molar-refractivity contribution in [2.45, 2.75) is 65.2 Å². The first kappa shape index (κ1) is 25.6. The van der Waals surface area contributed by atoms with E-state index in [2.05, 4.69) is 20.6 Å². The molecule has 3 heterocycles. The van der Waals surface area contributed by atoms with Gasteiger partial charge in [0.25, 0.3) is 5.56 Å². The van der Waals surface area contributed by atoms with Gasteiger partial charge in [-0.15, -0.1) is 0 Å². The number of nitrogens with zero attached hydrogens (tertiary/aromatic N) is 2. The number of nitrogens with one attached hydrogen (secondary N) is 3. The lowest BCUT2D eigenvalue weighted by Gasteiger charge is -2.50. The number of aromatic amines is 1. The Morgan fingerprint density at radius 3 is 2.17 bits per heavy atom. The van der Waals surface area contributed by atoms with Crippen molar-refractivity contribution >= 4 is 47.2 Å². The molecule has 0 unspecified atom stereocenters. The Balaban J connectivity index is 2.15. The van der Waals surface area contributed by atoms with Gasteiger partial charge in [0.2, 0.25) is 17.8 Å².